The highest BCUT2D eigenvalue weighted by molar-refractivity contribution is 9.10. The van der Waals surface area contributed by atoms with E-state index in [1.54, 1.807) is 7.11 Å². The van der Waals surface area contributed by atoms with Crippen LogP contribution in [0.3, 0.4) is 0 Å². The summed E-state index contributed by atoms with van der Waals surface area (Å²) in [6.45, 7) is 4.60. The average Bonchev–Trinajstić information content (AvgIpc) is 2.77. The third-order valence-corrected chi connectivity index (χ3v) is 4.86. The van der Waals surface area contributed by atoms with Gasteiger partial charge in [0.1, 0.15) is 0 Å². The Morgan fingerprint density at radius 3 is 3.00 bits per heavy atom. The van der Waals surface area contributed by atoms with Crippen molar-refractivity contribution in [3.8, 4) is 0 Å². The molecule has 1 heterocycles. The molecule has 2 rings (SSSR count). The Bertz CT molecular complexity index is 407. The summed E-state index contributed by atoms with van der Waals surface area (Å²) in [6.07, 6.45) is 5.63. The second-order valence-corrected chi connectivity index (χ2v) is 6.47. The monoisotopic (exact) mass is 329 g/mol. The summed E-state index contributed by atoms with van der Waals surface area (Å²) in [5.74, 6) is 1.86. The van der Waals surface area contributed by atoms with Gasteiger partial charge in [-0.2, -0.15) is 5.10 Å². The molecule has 108 valence electrons. The summed E-state index contributed by atoms with van der Waals surface area (Å²) in [4.78, 5) is 0. The minimum Gasteiger partial charge on any atom is -0.383 e. The molecule has 3 atom stereocenters. The van der Waals surface area contributed by atoms with Crippen molar-refractivity contribution in [3.05, 3.63) is 16.4 Å². The molecule has 0 saturated heterocycles. The highest BCUT2D eigenvalue weighted by Gasteiger charge is 2.32. The Morgan fingerprint density at radius 1 is 1.53 bits per heavy atom. The lowest BCUT2D eigenvalue weighted by Gasteiger charge is -2.34. The number of hydrogen-bond donors (Lipinski definition) is 1. The number of ether oxygens (including phenoxy) is 1. The maximum Gasteiger partial charge on any atom is 0.0658 e. The molecule has 1 fully saturated rings. The van der Waals surface area contributed by atoms with E-state index in [1.165, 1.54) is 25.0 Å². The van der Waals surface area contributed by atoms with Crippen LogP contribution >= 0.6 is 15.9 Å². The van der Waals surface area contributed by atoms with Crippen LogP contribution in [0.2, 0.25) is 0 Å². The topological polar surface area (TPSA) is 53.1 Å². The normalized spacial score (nSPS) is 27.7. The summed E-state index contributed by atoms with van der Waals surface area (Å²) < 4.78 is 8.37. The molecule has 1 aliphatic carbocycles. The van der Waals surface area contributed by atoms with Gasteiger partial charge in [-0.05, 0) is 47.2 Å². The predicted molar refractivity (Wildman–Crippen MR) is 80.1 cm³/mol. The van der Waals surface area contributed by atoms with Gasteiger partial charge in [-0.15, -0.1) is 0 Å². The SMILES string of the molecule is COCCn1ncc(Br)c1C1CC(C)CCC1CN. The Kier molecular flexibility index (Phi) is 5.42. The Morgan fingerprint density at radius 2 is 2.32 bits per heavy atom. The van der Waals surface area contributed by atoms with Gasteiger partial charge in [0.15, 0.2) is 0 Å². The minimum atomic E-state index is 0.516. The molecule has 4 nitrogen and oxygen atoms in total. The molecular formula is C14H24BrN3O. The van der Waals surface area contributed by atoms with Crippen molar-refractivity contribution in [2.24, 2.45) is 17.6 Å². The van der Waals surface area contributed by atoms with E-state index in [-0.39, 0.29) is 0 Å². The zero-order valence-electron chi connectivity index (χ0n) is 11.8. The van der Waals surface area contributed by atoms with Gasteiger partial charge in [0, 0.05) is 13.0 Å². The quantitative estimate of drug-likeness (QED) is 0.903. The first-order valence-electron chi connectivity index (χ1n) is 7.07. The van der Waals surface area contributed by atoms with E-state index in [9.17, 15) is 0 Å². The molecule has 1 aliphatic rings. The minimum absolute atomic E-state index is 0.516. The molecular weight excluding hydrogens is 306 g/mol. The molecule has 0 aromatic carbocycles. The number of rotatable bonds is 5. The van der Waals surface area contributed by atoms with E-state index >= 15 is 0 Å². The number of methoxy groups -OCH3 is 1. The van der Waals surface area contributed by atoms with Gasteiger partial charge in [-0.3, -0.25) is 4.68 Å². The Hall–Kier alpha value is -0.390. The standard InChI is InChI=1S/C14H24BrN3O/c1-10-3-4-11(8-16)12(7-10)14-13(15)9-17-18(14)5-6-19-2/h9-12H,3-8,16H2,1-2H3. The molecule has 5 heteroatoms. The van der Waals surface area contributed by atoms with Gasteiger partial charge < -0.3 is 10.5 Å². The number of nitrogens with zero attached hydrogens (tertiary/aromatic N) is 2. The van der Waals surface area contributed by atoms with Crippen molar-refractivity contribution in [2.45, 2.75) is 38.6 Å². The zero-order valence-corrected chi connectivity index (χ0v) is 13.4. The van der Waals surface area contributed by atoms with Gasteiger partial charge in [-0.25, -0.2) is 0 Å². The average molecular weight is 330 g/mol. The fourth-order valence-corrected chi connectivity index (χ4v) is 3.75. The van der Waals surface area contributed by atoms with E-state index in [4.69, 9.17) is 10.5 Å². The third-order valence-electron chi connectivity index (χ3n) is 4.25. The molecule has 2 N–H and O–H groups in total. The van der Waals surface area contributed by atoms with E-state index in [0.717, 1.165) is 23.5 Å². The maximum absolute atomic E-state index is 5.98. The molecule has 19 heavy (non-hydrogen) atoms. The maximum atomic E-state index is 5.98. The first kappa shape index (κ1) is 15.0. The summed E-state index contributed by atoms with van der Waals surface area (Å²) >= 11 is 3.66. The second-order valence-electron chi connectivity index (χ2n) is 5.61. The molecule has 1 aromatic heterocycles. The number of aromatic nitrogens is 2. The van der Waals surface area contributed by atoms with Crippen LogP contribution in [0.25, 0.3) is 0 Å². The first-order chi connectivity index (χ1) is 9.17. The van der Waals surface area contributed by atoms with Gasteiger partial charge >= 0.3 is 0 Å². The summed E-state index contributed by atoms with van der Waals surface area (Å²) in [5.41, 5.74) is 7.28. The predicted octanol–water partition coefficient (Wildman–Crippen LogP) is 2.77. The first-order valence-corrected chi connectivity index (χ1v) is 7.86. The number of halogens is 1. The smallest absolute Gasteiger partial charge is 0.0658 e. The third kappa shape index (κ3) is 3.38. The largest absolute Gasteiger partial charge is 0.383 e. The molecule has 0 spiro atoms. The van der Waals surface area contributed by atoms with E-state index in [0.29, 0.717) is 18.4 Å². The molecule has 0 aliphatic heterocycles. The molecule has 0 bridgehead atoms. The van der Waals surface area contributed by atoms with E-state index in [2.05, 4.69) is 32.6 Å². The Balaban J connectivity index is 2.24. The van der Waals surface area contributed by atoms with Crippen molar-refractivity contribution in [2.75, 3.05) is 20.3 Å². The summed E-state index contributed by atoms with van der Waals surface area (Å²) in [6, 6.07) is 0. The zero-order chi connectivity index (χ0) is 13.8. The molecule has 0 radical (unpaired) electrons. The van der Waals surface area contributed by atoms with Gasteiger partial charge in [0.2, 0.25) is 0 Å². The summed E-state index contributed by atoms with van der Waals surface area (Å²) in [5, 5.41) is 4.47. The van der Waals surface area contributed by atoms with Crippen LogP contribution in [0, 0.1) is 11.8 Å². The summed E-state index contributed by atoms with van der Waals surface area (Å²) in [7, 11) is 1.73. The molecule has 3 unspecified atom stereocenters. The highest BCUT2D eigenvalue weighted by Crippen LogP contribution is 2.42. The van der Waals surface area contributed by atoms with E-state index in [1.807, 2.05) is 6.20 Å². The second kappa shape index (κ2) is 6.86. The van der Waals surface area contributed by atoms with Crippen LogP contribution in [0.15, 0.2) is 10.7 Å². The van der Waals surface area contributed by atoms with Crippen LogP contribution in [-0.2, 0) is 11.3 Å². The van der Waals surface area contributed by atoms with Crippen LogP contribution in [-0.4, -0.2) is 30.0 Å². The number of nitrogens with two attached hydrogens (primary N) is 1. The lowest BCUT2D eigenvalue weighted by molar-refractivity contribution is 0.178. The molecule has 1 aromatic rings. The van der Waals surface area contributed by atoms with Crippen molar-refractivity contribution in [1.29, 1.82) is 0 Å². The molecule has 0 amide bonds. The van der Waals surface area contributed by atoms with Crippen LogP contribution in [0.5, 0.6) is 0 Å². The lowest BCUT2D eigenvalue weighted by Crippen LogP contribution is -2.30. The van der Waals surface area contributed by atoms with Gasteiger partial charge in [-0.1, -0.05) is 13.3 Å². The van der Waals surface area contributed by atoms with Crippen molar-refractivity contribution < 1.29 is 4.74 Å². The van der Waals surface area contributed by atoms with Crippen molar-refractivity contribution in [1.82, 2.24) is 9.78 Å². The van der Waals surface area contributed by atoms with Gasteiger partial charge in [0.25, 0.3) is 0 Å². The van der Waals surface area contributed by atoms with Crippen molar-refractivity contribution in [3.63, 3.8) is 0 Å². The highest BCUT2D eigenvalue weighted by atomic mass is 79.9. The van der Waals surface area contributed by atoms with Crippen LogP contribution in [0.1, 0.15) is 37.8 Å². The lowest BCUT2D eigenvalue weighted by atomic mass is 9.73. The Labute approximate surface area is 123 Å². The van der Waals surface area contributed by atoms with Crippen LogP contribution < -0.4 is 5.73 Å². The number of hydrogen-bond acceptors (Lipinski definition) is 3. The van der Waals surface area contributed by atoms with Crippen molar-refractivity contribution >= 4 is 15.9 Å². The fourth-order valence-electron chi connectivity index (χ4n) is 3.16. The van der Waals surface area contributed by atoms with Crippen LogP contribution in [0.4, 0.5) is 0 Å². The van der Waals surface area contributed by atoms with E-state index < -0.39 is 0 Å². The molecule has 1 saturated carbocycles. The van der Waals surface area contributed by atoms with Gasteiger partial charge in [0.05, 0.1) is 29.5 Å². The fraction of sp³-hybridized carbons (Fsp3) is 0.786.